The molecule has 1 aliphatic heterocycles. The zero-order valence-electron chi connectivity index (χ0n) is 21.8. The number of likely N-dealkylation sites (N-methyl/N-ethyl adjacent to an activating group) is 2. The molecule has 6 nitrogen and oxygen atoms in total. The van der Waals surface area contributed by atoms with Gasteiger partial charge in [-0.05, 0) is 50.6 Å². The van der Waals surface area contributed by atoms with Gasteiger partial charge in [0.1, 0.15) is 5.69 Å². The van der Waals surface area contributed by atoms with Gasteiger partial charge in [-0.15, -0.1) is 0 Å². The van der Waals surface area contributed by atoms with Crippen molar-refractivity contribution in [3.05, 3.63) is 52.2 Å². The molecular formula is C26H45F2N3O3. The van der Waals surface area contributed by atoms with Gasteiger partial charge in [-0.2, -0.15) is 0 Å². The van der Waals surface area contributed by atoms with E-state index < -0.39 is 13.0 Å². The molecule has 2 rings (SSSR count). The lowest BCUT2D eigenvalue weighted by Crippen LogP contribution is -2.37. The summed E-state index contributed by atoms with van der Waals surface area (Å²) in [5, 5.41) is 0. The Hall–Kier alpha value is -2.32. The Balaban J connectivity index is 0. The smallest absolute Gasteiger partial charge is 0.272 e. The second-order valence-electron chi connectivity index (χ2n) is 7.78. The van der Waals surface area contributed by atoms with Crippen LogP contribution in [0.1, 0.15) is 63.7 Å². The first-order valence-corrected chi connectivity index (χ1v) is 11.1. The van der Waals surface area contributed by atoms with Gasteiger partial charge in [0.05, 0.1) is 0 Å². The van der Waals surface area contributed by atoms with Crippen LogP contribution in [-0.2, 0) is 16.0 Å². The number of pyridine rings is 1. The van der Waals surface area contributed by atoms with E-state index in [1.54, 1.807) is 20.4 Å². The number of halogens is 2. The van der Waals surface area contributed by atoms with Crippen LogP contribution in [0.25, 0.3) is 0 Å². The minimum atomic E-state index is -2.50. The monoisotopic (exact) mass is 485 g/mol. The summed E-state index contributed by atoms with van der Waals surface area (Å²) in [6.07, 6.45) is 1.17. The van der Waals surface area contributed by atoms with Gasteiger partial charge < -0.3 is 14.4 Å². The number of Topliss-reactive ketones (excluding diaryl/α,β-unsaturated/α-hetero) is 1. The van der Waals surface area contributed by atoms with Crippen LogP contribution in [0.5, 0.6) is 0 Å². The zero-order chi connectivity index (χ0) is 25.7. The van der Waals surface area contributed by atoms with E-state index in [9.17, 15) is 13.6 Å². The predicted molar refractivity (Wildman–Crippen MR) is 136 cm³/mol. The average molecular weight is 486 g/mol. The van der Waals surface area contributed by atoms with Crippen LogP contribution in [0, 0.1) is 6.92 Å². The molecule has 0 aromatic carbocycles. The van der Waals surface area contributed by atoms with Crippen LogP contribution in [0.3, 0.4) is 0 Å². The van der Waals surface area contributed by atoms with Crippen LogP contribution in [0.15, 0.2) is 35.4 Å². The number of methoxy groups -OCH3 is 1. The molecular weight excluding hydrogens is 440 g/mol. The molecule has 0 fully saturated rings. The highest BCUT2D eigenvalue weighted by Crippen LogP contribution is 2.25. The predicted octanol–water partition coefficient (Wildman–Crippen LogP) is 5.72. The van der Waals surface area contributed by atoms with E-state index in [4.69, 9.17) is 4.74 Å². The van der Waals surface area contributed by atoms with Crippen LogP contribution in [-0.4, -0.2) is 74.5 Å². The summed E-state index contributed by atoms with van der Waals surface area (Å²) >= 11 is 0. The third-order valence-electron chi connectivity index (χ3n) is 5.08. The minimum Gasteiger partial charge on any atom is -0.473 e. The average Bonchev–Trinajstić information content (AvgIpc) is 2.75. The van der Waals surface area contributed by atoms with E-state index in [2.05, 4.69) is 21.5 Å². The number of carbonyl (C=O) groups is 1. The van der Waals surface area contributed by atoms with E-state index in [1.165, 1.54) is 6.92 Å². The van der Waals surface area contributed by atoms with Crippen molar-refractivity contribution in [1.82, 2.24) is 14.8 Å². The van der Waals surface area contributed by atoms with Crippen molar-refractivity contribution >= 4 is 5.78 Å². The summed E-state index contributed by atoms with van der Waals surface area (Å²) in [5.41, 5.74) is 4.45. The fraction of sp³-hybridized carbons (Fsp3) is 0.615. The number of aryl methyl sites for hydroxylation is 1. The Morgan fingerprint density at radius 3 is 2.29 bits per heavy atom. The summed E-state index contributed by atoms with van der Waals surface area (Å²) in [7, 11) is 7.09. The number of nitrogens with zero attached hydrogens (tertiary/aromatic N) is 3. The molecule has 1 atom stereocenters. The number of rotatable bonds is 8. The first-order chi connectivity index (χ1) is 15.5. The summed E-state index contributed by atoms with van der Waals surface area (Å²) < 4.78 is 34.4. The number of carbonyl (C=O) groups excluding carboxylic acids is 1. The van der Waals surface area contributed by atoms with Gasteiger partial charge in [-0.25, -0.2) is 8.78 Å². The Bertz CT molecular complexity index is 810. The summed E-state index contributed by atoms with van der Waals surface area (Å²) in [4.78, 5) is 20.2. The first kappa shape index (κ1) is 33.9. The molecule has 0 aliphatic carbocycles. The summed E-state index contributed by atoms with van der Waals surface area (Å²) in [6, 6.07) is 2.00. The lowest BCUT2D eigenvalue weighted by Gasteiger charge is -2.34. The third kappa shape index (κ3) is 10.3. The van der Waals surface area contributed by atoms with Crippen LogP contribution in [0.2, 0.25) is 0 Å². The Labute approximate surface area is 205 Å². The number of aromatic nitrogens is 1. The van der Waals surface area contributed by atoms with Gasteiger partial charge in [0, 0.05) is 59.1 Å². The van der Waals surface area contributed by atoms with Crippen molar-refractivity contribution < 1.29 is 23.0 Å². The number of ketones is 1. The molecule has 8 heteroatoms. The van der Waals surface area contributed by atoms with E-state index >= 15 is 0 Å². The molecule has 1 aliphatic rings. The lowest BCUT2D eigenvalue weighted by molar-refractivity contribution is 0.0222. The maximum atomic E-state index is 12.5. The van der Waals surface area contributed by atoms with Gasteiger partial charge in [0.15, 0.2) is 18.3 Å². The van der Waals surface area contributed by atoms with Crippen molar-refractivity contribution in [3.8, 4) is 0 Å². The number of hydrogen-bond acceptors (Lipinski definition) is 6. The molecule has 196 valence electrons. The maximum absolute atomic E-state index is 12.5. The molecule has 0 bridgehead atoms. The van der Waals surface area contributed by atoms with Crippen molar-refractivity contribution in [2.24, 2.45) is 0 Å². The van der Waals surface area contributed by atoms with E-state index in [-0.39, 0.29) is 19.3 Å². The SMILES string of the molecule is C.CC.CC(=O)c1nccc(C)c1CN(C)C(C)C1=CC(C)=C(OCC(F)F)N(C)C1.COC. The first-order valence-electron chi connectivity index (χ1n) is 11.1. The largest absolute Gasteiger partial charge is 0.473 e. The molecule has 2 heterocycles. The third-order valence-corrected chi connectivity index (χ3v) is 5.08. The van der Waals surface area contributed by atoms with Crippen molar-refractivity contribution in [1.29, 1.82) is 0 Å². The topological polar surface area (TPSA) is 54.9 Å². The zero-order valence-corrected chi connectivity index (χ0v) is 21.8. The standard InChI is InChI=1S/C21H29F2N3O2.C2H6O.C2H6.CH4/c1-13-7-8-24-20(16(4)27)18(13)11-25(5)15(3)17-9-14(2)21(26(6)10-17)28-12-19(22)23;1-3-2;1-2;/h7-9,15,19H,10-12H2,1-6H3;1-2H3;1-2H3;1H4. The maximum Gasteiger partial charge on any atom is 0.272 e. The number of allylic oxidation sites excluding steroid dienone is 2. The van der Waals surface area contributed by atoms with Crippen LogP contribution in [0.4, 0.5) is 8.78 Å². The molecule has 34 heavy (non-hydrogen) atoms. The van der Waals surface area contributed by atoms with Crippen LogP contribution >= 0.6 is 0 Å². The number of hydrogen-bond donors (Lipinski definition) is 0. The molecule has 0 radical (unpaired) electrons. The molecule has 0 amide bonds. The fourth-order valence-electron chi connectivity index (χ4n) is 3.41. The van der Waals surface area contributed by atoms with Crippen molar-refractivity contribution in [3.63, 3.8) is 0 Å². The Morgan fingerprint density at radius 2 is 1.82 bits per heavy atom. The molecule has 1 unspecified atom stereocenters. The van der Waals surface area contributed by atoms with Crippen molar-refractivity contribution in [2.45, 2.75) is 68.0 Å². The van der Waals surface area contributed by atoms with Crippen LogP contribution < -0.4 is 0 Å². The molecule has 1 aromatic heterocycles. The molecule has 0 saturated carbocycles. The van der Waals surface area contributed by atoms with Gasteiger partial charge in [-0.3, -0.25) is 14.7 Å². The minimum absolute atomic E-state index is 0. The quantitative estimate of drug-likeness (QED) is 0.439. The number of ether oxygens (including phenoxy) is 2. The Kier molecular flexibility index (Phi) is 17.1. The number of alkyl halides is 2. The Morgan fingerprint density at radius 1 is 1.26 bits per heavy atom. The van der Waals surface area contributed by atoms with Gasteiger partial charge in [0.2, 0.25) is 0 Å². The molecule has 0 spiro atoms. The van der Waals surface area contributed by atoms with Crippen molar-refractivity contribution in [2.75, 3.05) is 41.5 Å². The van der Waals surface area contributed by atoms with E-state index in [0.29, 0.717) is 24.7 Å². The normalized spacial score (nSPS) is 13.8. The van der Waals surface area contributed by atoms with E-state index in [1.807, 2.05) is 58.8 Å². The second kappa shape index (κ2) is 17.2. The highest BCUT2D eigenvalue weighted by Gasteiger charge is 2.24. The second-order valence-corrected chi connectivity index (χ2v) is 7.78. The summed E-state index contributed by atoms with van der Waals surface area (Å²) in [6.45, 7) is 12.0. The molecule has 1 aromatic rings. The highest BCUT2D eigenvalue weighted by molar-refractivity contribution is 5.93. The lowest BCUT2D eigenvalue weighted by atomic mass is 9.99. The molecule has 0 N–H and O–H groups in total. The van der Waals surface area contributed by atoms with E-state index in [0.717, 1.165) is 22.3 Å². The van der Waals surface area contributed by atoms with Gasteiger partial charge in [-0.1, -0.05) is 27.4 Å². The highest BCUT2D eigenvalue weighted by atomic mass is 19.3. The fourth-order valence-corrected chi connectivity index (χ4v) is 3.41. The molecule has 0 saturated heterocycles. The van der Waals surface area contributed by atoms with Gasteiger partial charge in [0.25, 0.3) is 6.43 Å². The van der Waals surface area contributed by atoms with Gasteiger partial charge >= 0.3 is 0 Å². The summed E-state index contributed by atoms with van der Waals surface area (Å²) in [5.74, 6) is 0.442.